The number of nitrogens with zero attached hydrogens (tertiary/aromatic N) is 1. The number of hydrogen-bond donors (Lipinski definition) is 1. The normalized spacial score (nSPS) is 17.9. The van der Waals surface area contributed by atoms with Crippen molar-refractivity contribution in [2.45, 2.75) is 37.8 Å². The second-order valence-electron chi connectivity index (χ2n) is 5.25. The summed E-state index contributed by atoms with van der Waals surface area (Å²) in [5.41, 5.74) is 7.26. The molecule has 1 atom stereocenters. The van der Waals surface area contributed by atoms with Crippen molar-refractivity contribution in [3.05, 3.63) is 28.2 Å². The molecule has 0 aliphatic heterocycles. The molecular formula is C15H23BrN2O. The Morgan fingerprint density at radius 1 is 1.42 bits per heavy atom. The standard InChI is InChI=1S/C15H23BrN2O/c1-18(12-5-3-4-6-12)14(10-17)11-7-8-15(19-2)13(16)9-11/h7-9,12,14H,3-6,10,17H2,1-2H3. The molecule has 1 aliphatic carbocycles. The lowest BCUT2D eigenvalue weighted by atomic mass is 10.0. The van der Waals surface area contributed by atoms with Crippen LogP contribution in [0.15, 0.2) is 22.7 Å². The Morgan fingerprint density at radius 2 is 2.11 bits per heavy atom. The molecule has 1 saturated carbocycles. The summed E-state index contributed by atoms with van der Waals surface area (Å²) in [4.78, 5) is 2.45. The number of rotatable bonds is 5. The Morgan fingerprint density at radius 3 is 2.63 bits per heavy atom. The highest BCUT2D eigenvalue weighted by molar-refractivity contribution is 9.10. The Balaban J connectivity index is 2.18. The van der Waals surface area contributed by atoms with Gasteiger partial charge in [0.25, 0.3) is 0 Å². The van der Waals surface area contributed by atoms with Crippen LogP contribution in [0.2, 0.25) is 0 Å². The molecule has 0 amide bonds. The number of likely N-dealkylation sites (N-methyl/N-ethyl adjacent to an activating group) is 1. The van der Waals surface area contributed by atoms with Crippen molar-refractivity contribution in [2.75, 3.05) is 20.7 Å². The lowest BCUT2D eigenvalue weighted by Crippen LogP contribution is -2.37. The lowest BCUT2D eigenvalue weighted by molar-refractivity contribution is 0.179. The smallest absolute Gasteiger partial charge is 0.133 e. The van der Waals surface area contributed by atoms with Crippen molar-refractivity contribution < 1.29 is 4.74 Å². The van der Waals surface area contributed by atoms with Gasteiger partial charge in [-0.25, -0.2) is 0 Å². The maximum Gasteiger partial charge on any atom is 0.133 e. The van der Waals surface area contributed by atoms with E-state index in [1.54, 1.807) is 7.11 Å². The van der Waals surface area contributed by atoms with Crippen LogP contribution in [0.3, 0.4) is 0 Å². The molecule has 0 bridgehead atoms. The molecule has 1 fully saturated rings. The van der Waals surface area contributed by atoms with Crippen LogP contribution >= 0.6 is 15.9 Å². The van der Waals surface area contributed by atoms with E-state index in [-0.39, 0.29) is 6.04 Å². The van der Waals surface area contributed by atoms with Gasteiger partial charge in [-0.1, -0.05) is 18.9 Å². The van der Waals surface area contributed by atoms with Crippen molar-refractivity contribution in [1.29, 1.82) is 0 Å². The summed E-state index contributed by atoms with van der Waals surface area (Å²) in [6, 6.07) is 7.21. The molecule has 1 unspecified atom stereocenters. The zero-order valence-corrected chi connectivity index (χ0v) is 13.3. The third-order valence-electron chi connectivity index (χ3n) is 4.18. The van der Waals surface area contributed by atoms with Crippen LogP contribution in [0.5, 0.6) is 5.75 Å². The second-order valence-corrected chi connectivity index (χ2v) is 6.10. The quantitative estimate of drug-likeness (QED) is 0.901. The average Bonchev–Trinajstić information content (AvgIpc) is 2.93. The van der Waals surface area contributed by atoms with Crippen molar-refractivity contribution in [3.8, 4) is 5.75 Å². The van der Waals surface area contributed by atoms with Crippen molar-refractivity contribution in [1.82, 2.24) is 4.90 Å². The molecule has 2 rings (SSSR count). The zero-order valence-electron chi connectivity index (χ0n) is 11.7. The molecule has 0 heterocycles. The highest BCUT2D eigenvalue weighted by Crippen LogP contribution is 2.33. The fraction of sp³-hybridized carbons (Fsp3) is 0.600. The van der Waals surface area contributed by atoms with E-state index in [0.717, 1.165) is 10.2 Å². The maximum atomic E-state index is 6.01. The van der Waals surface area contributed by atoms with Gasteiger partial charge in [0.1, 0.15) is 5.75 Å². The number of nitrogens with two attached hydrogens (primary N) is 1. The van der Waals surface area contributed by atoms with Gasteiger partial charge >= 0.3 is 0 Å². The van der Waals surface area contributed by atoms with Crippen LogP contribution in [0.25, 0.3) is 0 Å². The van der Waals surface area contributed by atoms with E-state index in [1.807, 2.05) is 6.07 Å². The minimum Gasteiger partial charge on any atom is -0.496 e. The molecule has 106 valence electrons. The maximum absolute atomic E-state index is 6.01. The molecule has 1 aromatic carbocycles. The Bertz CT molecular complexity index is 419. The highest BCUT2D eigenvalue weighted by atomic mass is 79.9. The first kappa shape index (κ1) is 14.8. The van der Waals surface area contributed by atoms with Crippen LogP contribution in [-0.4, -0.2) is 31.6 Å². The summed E-state index contributed by atoms with van der Waals surface area (Å²) < 4.78 is 6.27. The van der Waals surface area contributed by atoms with Gasteiger partial charge < -0.3 is 10.5 Å². The van der Waals surface area contributed by atoms with Gasteiger partial charge in [0.2, 0.25) is 0 Å². The molecule has 2 N–H and O–H groups in total. The van der Waals surface area contributed by atoms with Crippen LogP contribution in [0.4, 0.5) is 0 Å². The number of methoxy groups -OCH3 is 1. The summed E-state index contributed by atoms with van der Waals surface area (Å²) in [5, 5.41) is 0. The Labute approximate surface area is 124 Å². The fourth-order valence-electron chi connectivity index (χ4n) is 2.99. The first-order chi connectivity index (χ1) is 9.17. The van der Waals surface area contributed by atoms with Crippen molar-refractivity contribution >= 4 is 15.9 Å². The number of benzene rings is 1. The number of ether oxygens (including phenoxy) is 1. The summed E-state index contributed by atoms with van der Waals surface area (Å²) >= 11 is 3.55. The first-order valence-corrected chi connectivity index (χ1v) is 7.72. The topological polar surface area (TPSA) is 38.5 Å². The molecule has 0 radical (unpaired) electrons. The molecule has 0 aromatic heterocycles. The molecule has 3 nitrogen and oxygen atoms in total. The van der Waals surface area contributed by atoms with Crippen LogP contribution in [-0.2, 0) is 0 Å². The third kappa shape index (κ3) is 3.30. The van der Waals surface area contributed by atoms with Gasteiger partial charge in [0.05, 0.1) is 11.6 Å². The summed E-state index contributed by atoms with van der Waals surface area (Å²) in [6.45, 7) is 0.645. The van der Waals surface area contributed by atoms with Crippen molar-refractivity contribution in [2.24, 2.45) is 5.73 Å². The van der Waals surface area contributed by atoms with E-state index in [4.69, 9.17) is 10.5 Å². The number of hydrogen-bond acceptors (Lipinski definition) is 3. The molecule has 1 aromatic rings. The summed E-state index contributed by atoms with van der Waals surface area (Å²) in [7, 11) is 3.89. The minimum absolute atomic E-state index is 0.283. The molecule has 1 aliphatic rings. The molecule has 4 heteroatoms. The SMILES string of the molecule is COc1ccc(C(CN)N(C)C2CCCC2)cc1Br. The number of halogens is 1. The van der Waals surface area contributed by atoms with Crippen molar-refractivity contribution in [3.63, 3.8) is 0 Å². The molecular weight excluding hydrogens is 304 g/mol. The minimum atomic E-state index is 0.283. The Kier molecular flexibility index (Phi) is 5.25. The van der Waals surface area contributed by atoms with E-state index in [2.05, 4.69) is 40.0 Å². The van der Waals surface area contributed by atoms with Gasteiger partial charge in [-0.2, -0.15) is 0 Å². The van der Waals surface area contributed by atoms with Gasteiger partial charge in [-0.15, -0.1) is 0 Å². The van der Waals surface area contributed by atoms with E-state index in [0.29, 0.717) is 12.6 Å². The third-order valence-corrected chi connectivity index (χ3v) is 4.80. The van der Waals surface area contributed by atoms with E-state index in [1.165, 1.54) is 31.2 Å². The predicted octanol–water partition coefficient (Wildman–Crippen LogP) is 3.33. The summed E-state index contributed by atoms with van der Waals surface area (Å²) in [5.74, 6) is 0.864. The van der Waals surface area contributed by atoms with Gasteiger partial charge in [-0.3, -0.25) is 4.90 Å². The highest BCUT2D eigenvalue weighted by Gasteiger charge is 2.26. The second kappa shape index (κ2) is 6.73. The van der Waals surface area contributed by atoms with Gasteiger partial charge in [0.15, 0.2) is 0 Å². The van der Waals surface area contributed by atoms with Crippen LogP contribution < -0.4 is 10.5 Å². The van der Waals surface area contributed by atoms with E-state index >= 15 is 0 Å². The van der Waals surface area contributed by atoms with E-state index < -0.39 is 0 Å². The monoisotopic (exact) mass is 326 g/mol. The summed E-state index contributed by atoms with van der Waals surface area (Å²) in [6.07, 6.45) is 5.28. The first-order valence-electron chi connectivity index (χ1n) is 6.92. The lowest BCUT2D eigenvalue weighted by Gasteiger charge is -2.32. The molecule has 0 saturated heterocycles. The largest absolute Gasteiger partial charge is 0.496 e. The van der Waals surface area contributed by atoms with Gasteiger partial charge in [-0.05, 0) is 53.5 Å². The van der Waals surface area contributed by atoms with Crippen LogP contribution in [0, 0.1) is 0 Å². The predicted molar refractivity (Wildman–Crippen MR) is 82.5 cm³/mol. The fourth-order valence-corrected chi connectivity index (χ4v) is 3.55. The Hall–Kier alpha value is -0.580. The van der Waals surface area contributed by atoms with Gasteiger partial charge in [0, 0.05) is 18.6 Å². The zero-order chi connectivity index (χ0) is 13.8. The van der Waals surface area contributed by atoms with Crippen LogP contribution in [0.1, 0.15) is 37.3 Å². The molecule has 19 heavy (non-hydrogen) atoms. The molecule has 0 spiro atoms. The van der Waals surface area contributed by atoms with E-state index in [9.17, 15) is 0 Å². The average molecular weight is 327 g/mol.